The molecular weight excluding hydrogens is 607 g/mol. The summed E-state index contributed by atoms with van der Waals surface area (Å²) in [5, 5.41) is 9.59. The van der Waals surface area contributed by atoms with Gasteiger partial charge in [-0.25, -0.2) is 0 Å². The van der Waals surface area contributed by atoms with Gasteiger partial charge in [0.1, 0.15) is 11.2 Å². The molecule has 10 aromatic rings. The Kier molecular flexibility index (Phi) is 6.53. The predicted octanol–water partition coefficient (Wildman–Crippen LogP) is 13.8. The van der Waals surface area contributed by atoms with E-state index in [-0.39, 0.29) is 0 Å². The van der Waals surface area contributed by atoms with E-state index in [0.717, 1.165) is 44.6 Å². The molecule has 2 nitrogen and oxygen atoms in total. The van der Waals surface area contributed by atoms with Crippen LogP contribution in [0.25, 0.3) is 76.5 Å². The zero-order valence-corrected chi connectivity index (χ0v) is 27.3. The van der Waals surface area contributed by atoms with Gasteiger partial charge in [0.15, 0.2) is 0 Å². The second-order valence-electron chi connectivity index (χ2n) is 12.9. The quantitative estimate of drug-likeness (QED) is 0.175. The fraction of sp³-hybridized carbons (Fsp3) is 0. The smallest absolute Gasteiger partial charge is 0.137 e. The molecule has 0 saturated heterocycles. The van der Waals surface area contributed by atoms with E-state index >= 15 is 0 Å². The van der Waals surface area contributed by atoms with Gasteiger partial charge in [-0.05, 0) is 91.6 Å². The van der Waals surface area contributed by atoms with Gasteiger partial charge >= 0.3 is 0 Å². The summed E-state index contributed by atoms with van der Waals surface area (Å²) in [6, 6.07) is 67.6. The number of hydrogen-bond donors (Lipinski definition) is 0. The lowest BCUT2D eigenvalue weighted by molar-refractivity contribution is 0.669. The molecule has 2 heteroatoms. The Balaban J connectivity index is 1.22. The van der Waals surface area contributed by atoms with Crippen molar-refractivity contribution in [2.75, 3.05) is 4.90 Å². The lowest BCUT2D eigenvalue weighted by Gasteiger charge is -2.28. The van der Waals surface area contributed by atoms with Crippen LogP contribution in [0.2, 0.25) is 0 Å². The molecule has 0 N–H and O–H groups in total. The van der Waals surface area contributed by atoms with Crippen molar-refractivity contribution in [3.8, 4) is 22.3 Å². The zero-order valence-electron chi connectivity index (χ0n) is 27.3. The summed E-state index contributed by atoms with van der Waals surface area (Å²) in [5.74, 6) is 0. The molecule has 234 valence electrons. The molecule has 0 radical (unpaired) electrons. The van der Waals surface area contributed by atoms with E-state index in [1.54, 1.807) is 0 Å². The third kappa shape index (κ3) is 4.57. The van der Waals surface area contributed by atoms with E-state index in [4.69, 9.17) is 4.42 Å². The molecule has 10 rings (SSSR count). The third-order valence-electron chi connectivity index (χ3n) is 10.0. The first-order valence-electron chi connectivity index (χ1n) is 17.1. The molecule has 0 atom stereocenters. The van der Waals surface area contributed by atoms with Crippen molar-refractivity contribution >= 4 is 71.3 Å². The number of nitrogens with zero attached hydrogens (tertiary/aromatic N) is 1. The topological polar surface area (TPSA) is 16.4 Å². The first kappa shape index (κ1) is 28.4. The SMILES string of the molecule is c1cc(-c2cccc(N(c3cc4ccccc4c4ccccc34)c3cccc4oc5ccccc5c34)c2)cc(-c2cccc3ccccc23)c1. The zero-order chi connectivity index (χ0) is 33.0. The van der Waals surface area contributed by atoms with Crippen LogP contribution in [-0.4, -0.2) is 0 Å². The van der Waals surface area contributed by atoms with E-state index < -0.39 is 0 Å². The first-order chi connectivity index (χ1) is 24.8. The third-order valence-corrected chi connectivity index (χ3v) is 10.0. The average molecular weight is 638 g/mol. The molecule has 0 fully saturated rings. The second-order valence-corrected chi connectivity index (χ2v) is 12.9. The molecule has 9 aromatic carbocycles. The van der Waals surface area contributed by atoms with Crippen molar-refractivity contribution in [2.24, 2.45) is 0 Å². The molecule has 0 aliphatic rings. The van der Waals surface area contributed by atoms with E-state index in [1.165, 1.54) is 49.0 Å². The molecule has 1 heterocycles. The highest BCUT2D eigenvalue weighted by Gasteiger charge is 2.22. The Morgan fingerprint density at radius 2 is 0.940 bits per heavy atom. The van der Waals surface area contributed by atoms with Gasteiger partial charge in [-0.2, -0.15) is 0 Å². The minimum atomic E-state index is 0.873. The van der Waals surface area contributed by atoms with E-state index in [9.17, 15) is 0 Å². The van der Waals surface area contributed by atoms with Crippen LogP contribution in [0.3, 0.4) is 0 Å². The molecule has 0 spiro atoms. The lowest BCUT2D eigenvalue weighted by Crippen LogP contribution is -2.11. The van der Waals surface area contributed by atoms with Gasteiger partial charge in [0, 0.05) is 16.5 Å². The summed E-state index contributed by atoms with van der Waals surface area (Å²) in [4.78, 5) is 2.43. The number of para-hydroxylation sites is 1. The fourth-order valence-electron chi connectivity index (χ4n) is 7.74. The van der Waals surface area contributed by atoms with Crippen molar-refractivity contribution in [3.05, 3.63) is 188 Å². The van der Waals surface area contributed by atoms with Crippen LogP contribution in [0.4, 0.5) is 17.1 Å². The number of fused-ring (bicyclic) bond motifs is 7. The Hall–Kier alpha value is -6.64. The largest absolute Gasteiger partial charge is 0.456 e. The van der Waals surface area contributed by atoms with E-state index in [1.807, 2.05) is 6.07 Å². The van der Waals surface area contributed by atoms with Gasteiger partial charge in [-0.1, -0.05) is 146 Å². The molecule has 0 aliphatic heterocycles. The number of benzene rings is 9. The molecular formula is C48H31NO. The van der Waals surface area contributed by atoms with Gasteiger partial charge in [0.2, 0.25) is 0 Å². The maximum atomic E-state index is 6.42. The van der Waals surface area contributed by atoms with Crippen molar-refractivity contribution < 1.29 is 4.42 Å². The second kappa shape index (κ2) is 11.5. The van der Waals surface area contributed by atoms with Crippen molar-refractivity contribution in [2.45, 2.75) is 0 Å². The van der Waals surface area contributed by atoms with E-state index in [0.29, 0.717) is 0 Å². The summed E-state index contributed by atoms with van der Waals surface area (Å²) in [6.45, 7) is 0. The normalized spacial score (nSPS) is 11.6. The Labute approximate surface area is 290 Å². The molecule has 0 unspecified atom stereocenters. The van der Waals surface area contributed by atoms with Gasteiger partial charge < -0.3 is 9.32 Å². The maximum Gasteiger partial charge on any atom is 0.137 e. The number of hydrogen-bond acceptors (Lipinski definition) is 2. The van der Waals surface area contributed by atoms with Crippen LogP contribution in [0.1, 0.15) is 0 Å². The van der Waals surface area contributed by atoms with Gasteiger partial charge in [0.05, 0.1) is 16.8 Å². The Morgan fingerprint density at radius 1 is 0.340 bits per heavy atom. The molecule has 0 aliphatic carbocycles. The number of anilines is 3. The summed E-state index contributed by atoms with van der Waals surface area (Å²) in [7, 11) is 0. The highest BCUT2D eigenvalue weighted by Crippen LogP contribution is 2.47. The monoisotopic (exact) mass is 637 g/mol. The number of furan rings is 1. The van der Waals surface area contributed by atoms with Gasteiger partial charge in [-0.15, -0.1) is 0 Å². The number of rotatable bonds is 5. The lowest BCUT2D eigenvalue weighted by atomic mass is 9.95. The summed E-state index contributed by atoms with van der Waals surface area (Å²) >= 11 is 0. The van der Waals surface area contributed by atoms with Crippen LogP contribution >= 0.6 is 0 Å². The minimum Gasteiger partial charge on any atom is -0.456 e. The summed E-state index contributed by atoms with van der Waals surface area (Å²) < 4.78 is 6.42. The Bertz CT molecular complexity index is 2890. The van der Waals surface area contributed by atoms with Crippen LogP contribution in [0.5, 0.6) is 0 Å². The van der Waals surface area contributed by atoms with E-state index in [2.05, 4.69) is 187 Å². The molecule has 50 heavy (non-hydrogen) atoms. The molecule has 0 amide bonds. The predicted molar refractivity (Wildman–Crippen MR) is 212 cm³/mol. The summed E-state index contributed by atoms with van der Waals surface area (Å²) in [5.41, 5.74) is 9.82. The first-order valence-corrected chi connectivity index (χ1v) is 17.1. The van der Waals surface area contributed by atoms with Crippen LogP contribution in [-0.2, 0) is 0 Å². The van der Waals surface area contributed by atoms with Crippen molar-refractivity contribution in [1.29, 1.82) is 0 Å². The van der Waals surface area contributed by atoms with Gasteiger partial charge in [-0.3, -0.25) is 0 Å². The highest BCUT2D eigenvalue weighted by atomic mass is 16.3. The van der Waals surface area contributed by atoms with Crippen LogP contribution < -0.4 is 4.90 Å². The van der Waals surface area contributed by atoms with Crippen molar-refractivity contribution in [3.63, 3.8) is 0 Å². The molecule has 0 saturated carbocycles. The van der Waals surface area contributed by atoms with Crippen LogP contribution in [0, 0.1) is 0 Å². The Morgan fingerprint density at radius 3 is 1.82 bits per heavy atom. The minimum absolute atomic E-state index is 0.873. The average Bonchev–Trinajstić information content (AvgIpc) is 3.58. The van der Waals surface area contributed by atoms with Gasteiger partial charge in [0.25, 0.3) is 0 Å². The van der Waals surface area contributed by atoms with Crippen molar-refractivity contribution in [1.82, 2.24) is 0 Å². The van der Waals surface area contributed by atoms with Crippen LogP contribution in [0.15, 0.2) is 192 Å². The highest BCUT2D eigenvalue weighted by molar-refractivity contribution is 6.18. The standard InChI is InChI=1S/C48H31NO/c1-3-20-38-32(13-1)15-11-25-39(38)35-18-9-16-33(29-35)34-17-10-19-37(30-34)49(44-26-12-28-47-48(44)43-24-7-8-27-46(43)50-47)45-31-36-14-2-4-21-40(36)41-22-5-6-23-42(41)45/h1-31H. The fourth-order valence-corrected chi connectivity index (χ4v) is 7.74. The maximum absolute atomic E-state index is 6.42. The summed E-state index contributed by atoms with van der Waals surface area (Å²) in [6.07, 6.45) is 0. The molecule has 1 aromatic heterocycles. The molecule has 0 bridgehead atoms.